The average Bonchev–Trinajstić information content (AvgIpc) is 3.20. The quantitative estimate of drug-likeness (QED) is 0.409. The van der Waals surface area contributed by atoms with E-state index in [1.54, 1.807) is 42.3 Å². The van der Waals surface area contributed by atoms with Crippen molar-refractivity contribution in [2.24, 2.45) is 5.92 Å². The lowest BCUT2D eigenvalue weighted by Crippen LogP contribution is -2.14. The number of para-hydroxylation sites is 2. The zero-order valence-electron chi connectivity index (χ0n) is 17.2. The summed E-state index contributed by atoms with van der Waals surface area (Å²) in [6, 6.07) is 14.5. The topological polar surface area (TPSA) is 86.1 Å². The van der Waals surface area contributed by atoms with E-state index in [0.717, 1.165) is 5.69 Å². The van der Waals surface area contributed by atoms with E-state index in [-0.39, 0.29) is 17.4 Å². The summed E-state index contributed by atoms with van der Waals surface area (Å²) in [7, 11) is 1.61. The minimum absolute atomic E-state index is 0.0321. The molecule has 0 spiro atoms. The summed E-state index contributed by atoms with van der Waals surface area (Å²) in [6.45, 7) is 3.99. The first kappa shape index (κ1) is 21.6. The molecule has 0 unspecified atom stereocenters. The molecular formula is C22H24N4O3S. The molecule has 0 saturated heterocycles. The Balaban J connectivity index is 1.63. The Morgan fingerprint density at radius 2 is 1.87 bits per heavy atom. The molecule has 0 aliphatic rings. The first-order chi connectivity index (χ1) is 14.5. The minimum Gasteiger partial charge on any atom is -0.495 e. The third-order valence-electron chi connectivity index (χ3n) is 4.28. The van der Waals surface area contributed by atoms with Crippen LogP contribution in [0.25, 0.3) is 5.69 Å². The van der Waals surface area contributed by atoms with Crippen molar-refractivity contribution in [3.05, 3.63) is 60.4 Å². The van der Waals surface area contributed by atoms with Crippen LogP contribution >= 0.6 is 11.8 Å². The third kappa shape index (κ3) is 5.48. The van der Waals surface area contributed by atoms with Crippen LogP contribution in [0, 0.1) is 5.92 Å². The van der Waals surface area contributed by atoms with Crippen LogP contribution < -0.4 is 10.1 Å². The van der Waals surface area contributed by atoms with Crippen molar-refractivity contribution in [2.75, 3.05) is 18.2 Å². The maximum Gasteiger partial charge on any atom is 0.224 e. The Labute approximate surface area is 179 Å². The number of amides is 1. The second kappa shape index (κ2) is 10.1. The number of carbonyl (C=O) groups excluding carboxylic acids is 2. The normalized spacial score (nSPS) is 10.8. The Kier molecular flexibility index (Phi) is 7.24. The van der Waals surface area contributed by atoms with Gasteiger partial charge in [0, 0.05) is 17.7 Å². The molecule has 1 aromatic heterocycles. The molecule has 0 saturated carbocycles. The number of rotatable bonds is 9. The highest BCUT2D eigenvalue weighted by Crippen LogP contribution is 2.27. The highest BCUT2D eigenvalue weighted by atomic mass is 32.2. The number of aromatic nitrogens is 3. The molecule has 0 aliphatic carbocycles. The van der Waals surface area contributed by atoms with Crippen LogP contribution in [0.15, 0.2) is 60.0 Å². The summed E-state index contributed by atoms with van der Waals surface area (Å²) >= 11 is 1.31. The van der Waals surface area contributed by atoms with Gasteiger partial charge in [-0.1, -0.05) is 37.7 Å². The molecule has 1 N–H and O–H groups in total. The number of carbonyl (C=O) groups is 2. The van der Waals surface area contributed by atoms with Crippen LogP contribution in [0.5, 0.6) is 5.75 Å². The van der Waals surface area contributed by atoms with Crippen molar-refractivity contribution >= 4 is 29.1 Å². The van der Waals surface area contributed by atoms with Gasteiger partial charge in [0.05, 0.1) is 18.6 Å². The second-order valence-electron chi connectivity index (χ2n) is 7.09. The van der Waals surface area contributed by atoms with E-state index in [4.69, 9.17) is 4.74 Å². The third-order valence-corrected chi connectivity index (χ3v) is 5.22. The van der Waals surface area contributed by atoms with Gasteiger partial charge in [-0.05, 0) is 42.3 Å². The van der Waals surface area contributed by atoms with Crippen molar-refractivity contribution in [3.8, 4) is 11.4 Å². The van der Waals surface area contributed by atoms with Crippen LogP contribution in [0.4, 0.5) is 5.69 Å². The van der Waals surface area contributed by atoms with Gasteiger partial charge in [0.25, 0.3) is 0 Å². The van der Waals surface area contributed by atoms with Crippen molar-refractivity contribution in [3.63, 3.8) is 0 Å². The monoisotopic (exact) mass is 424 g/mol. The summed E-state index contributed by atoms with van der Waals surface area (Å²) in [4.78, 5) is 24.5. The van der Waals surface area contributed by atoms with E-state index in [9.17, 15) is 9.59 Å². The number of nitrogens with zero attached hydrogens (tertiary/aromatic N) is 3. The fourth-order valence-corrected chi connectivity index (χ4v) is 3.67. The van der Waals surface area contributed by atoms with Crippen molar-refractivity contribution in [1.82, 2.24) is 14.8 Å². The summed E-state index contributed by atoms with van der Waals surface area (Å²) in [5.41, 5.74) is 2.06. The number of hydrogen-bond donors (Lipinski definition) is 1. The molecule has 3 aromatic rings. The summed E-state index contributed by atoms with van der Waals surface area (Å²) in [6.07, 6.45) is 2.06. The number of ether oxygens (including phenoxy) is 1. The van der Waals surface area contributed by atoms with Gasteiger partial charge in [-0.2, -0.15) is 0 Å². The van der Waals surface area contributed by atoms with Crippen LogP contribution in [-0.4, -0.2) is 39.3 Å². The highest BCUT2D eigenvalue weighted by molar-refractivity contribution is 7.99. The Hall–Kier alpha value is -3.13. The van der Waals surface area contributed by atoms with Crippen LogP contribution in [-0.2, 0) is 4.79 Å². The van der Waals surface area contributed by atoms with Crippen molar-refractivity contribution in [1.29, 1.82) is 0 Å². The molecule has 3 rings (SSSR count). The molecule has 2 aromatic carbocycles. The maximum atomic E-state index is 12.6. The number of anilines is 1. The lowest BCUT2D eigenvalue weighted by molar-refractivity contribution is -0.116. The fourth-order valence-electron chi connectivity index (χ4n) is 2.85. The van der Waals surface area contributed by atoms with Gasteiger partial charge >= 0.3 is 0 Å². The molecule has 7 nitrogen and oxygen atoms in total. The molecule has 8 heteroatoms. The standard InChI is InChI=1S/C22H24N4O3S/c1-15(2)12-21(28)24-17-10-8-16(9-11-17)19(27)13-30-22-25-23-14-26(22)18-6-4-5-7-20(18)29-3/h4-11,14-15H,12-13H2,1-3H3,(H,24,28). The molecule has 0 atom stereocenters. The molecule has 30 heavy (non-hydrogen) atoms. The number of ketones is 1. The average molecular weight is 425 g/mol. The Morgan fingerprint density at radius 3 is 2.57 bits per heavy atom. The van der Waals surface area contributed by atoms with E-state index in [0.29, 0.717) is 34.5 Å². The molecule has 0 aliphatic heterocycles. The van der Waals surface area contributed by atoms with E-state index < -0.39 is 0 Å². The zero-order valence-corrected chi connectivity index (χ0v) is 18.0. The molecule has 156 valence electrons. The number of nitrogens with one attached hydrogen (secondary N) is 1. The Bertz CT molecular complexity index is 1020. The van der Waals surface area contributed by atoms with Gasteiger partial charge in [0.2, 0.25) is 5.91 Å². The van der Waals surface area contributed by atoms with Crippen molar-refractivity contribution in [2.45, 2.75) is 25.4 Å². The first-order valence-electron chi connectivity index (χ1n) is 9.57. The smallest absolute Gasteiger partial charge is 0.224 e. The molecule has 1 heterocycles. The number of thioether (sulfide) groups is 1. The van der Waals surface area contributed by atoms with Gasteiger partial charge in [0.15, 0.2) is 10.9 Å². The number of benzene rings is 2. The van der Waals surface area contributed by atoms with E-state index >= 15 is 0 Å². The van der Waals surface area contributed by atoms with Crippen molar-refractivity contribution < 1.29 is 14.3 Å². The van der Waals surface area contributed by atoms with Gasteiger partial charge in [-0.15, -0.1) is 10.2 Å². The molecule has 0 radical (unpaired) electrons. The van der Waals surface area contributed by atoms with Crippen LogP contribution in [0.3, 0.4) is 0 Å². The van der Waals surface area contributed by atoms with E-state index in [2.05, 4.69) is 15.5 Å². The van der Waals surface area contributed by atoms with Crippen LogP contribution in [0.2, 0.25) is 0 Å². The predicted octanol–water partition coefficient (Wildman–Crippen LogP) is 4.24. The summed E-state index contributed by atoms with van der Waals surface area (Å²) in [5.74, 6) is 1.14. The maximum absolute atomic E-state index is 12.6. The predicted molar refractivity (Wildman–Crippen MR) is 117 cm³/mol. The summed E-state index contributed by atoms with van der Waals surface area (Å²) < 4.78 is 7.19. The summed E-state index contributed by atoms with van der Waals surface area (Å²) in [5, 5.41) is 11.5. The Morgan fingerprint density at radius 1 is 1.13 bits per heavy atom. The van der Waals surface area contributed by atoms with Gasteiger partial charge < -0.3 is 10.1 Å². The minimum atomic E-state index is -0.0327. The largest absolute Gasteiger partial charge is 0.495 e. The molecule has 1 amide bonds. The van der Waals surface area contributed by atoms with E-state index in [1.807, 2.05) is 38.1 Å². The lowest BCUT2D eigenvalue weighted by Gasteiger charge is -2.10. The highest BCUT2D eigenvalue weighted by Gasteiger charge is 2.14. The SMILES string of the molecule is COc1ccccc1-n1cnnc1SCC(=O)c1ccc(NC(=O)CC(C)C)cc1. The molecular weight excluding hydrogens is 400 g/mol. The second-order valence-corrected chi connectivity index (χ2v) is 8.03. The molecule has 0 bridgehead atoms. The van der Waals surface area contributed by atoms with Gasteiger partial charge in [-0.3, -0.25) is 14.2 Å². The lowest BCUT2D eigenvalue weighted by atomic mass is 10.1. The number of Topliss-reactive ketones (excluding diaryl/α,β-unsaturated/α-hetero) is 1. The zero-order chi connectivity index (χ0) is 21.5. The van der Waals surface area contributed by atoms with Crippen LogP contribution in [0.1, 0.15) is 30.6 Å². The van der Waals surface area contributed by atoms with E-state index in [1.165, 1.54) is 11.8 Å². The fraction of sp³-hybridized carbons (Fsp3) is 0.273. The van der Waals surface area contributed by atoms with Gasteiger partial charge in [-0.25, -0.2) is 0 Å². The first-order valence-corrected chi connectivity index (χ1v) is 10.6. The number of methoxy groups -OCH3 is 1. The number of hydrogen-bond acceptors (Lipinski definition) is 6. The van der Waals surface area contributed by atoms with Gasteiger partial charge in [0.1, 0.15) is 12.1 Å². The molecule has 0 fully saturated rings.